The summed E-state index contributed by atoms with van der Waals surface area (Å²) < 4.78 is 27.2. The van der Waals surface area contributed by atoms with Crippen molar-refractivity contribution in [2.24, 2.45) is 0 Å². The lowest BCUT2D eigenvalue weighted by Gasteiger charge is -2.08. The molecule has 2 rings (SSSR count). The van der Waals surface area contributed by atoms with Gasteiger partial charge >= 0.3 is 0 Å². The molecule has 1 aromatic carbocycles. The standard InChI is InChI=1S/C15H16BrN3O3S/c1-11-6-8-17-14(10-11)19-15(20)7-9-18-23(21,22)13-5-3-2-4-12(13)16/h2-6,8,10,18H,7,9H2,1H3,(H,17,19,20). The number of halogens is 1. The summed E-state index contributed by atoms with van der Waals surface area (Å²) in [6.07, 6.45) is 1.61. The molecule has 1 aromatic heterocycles. The number of pyridine rings is 1. The predicted octanol–water partition coefficient (Wildman–Crippen LogP) is 2.46. The Morgan fingerprint density at radius 1 is 1.26 bits per heavy atom. The minimum atomic E-state index is -3.66. The normalized spacial score (nSPS) is 11.2. The zero-order valence-electron chi connectivity index (χ0n) is 12.4. The molecule has 0 spiro atoms. The van der Waals surface area contributed by atoms with E-state index in [1.807, 2.05) is 13.0 Å². The van der Waals surface area contributed by atoms with Gasteiger partial charge in [-0.15, -0.1) is 0 Å². The van der Waals surface area contributed by atoms with Crippen molar-refractivity contribution in [3.8, 4) is 0 Å². The number of amides is 1. The summed E-state index contributed by atoms with van der Waals surface area (Å²) in [6.45, 7) is 1.89. The quantitative estimate of drug-likeness (QED) is 0.783. The molecule has 0 bridgehead atoms. The summed E-state index contributed by atoms with van der Waals surface area (Å²) in [7, 11) is -3.66. The second kappa shape index (κ2) is 7.67. The van der Waals surface area contributed by atoms with Crippen LogP contribution in [-0.4, -0.2) is 25.9 Å². The van der Waals surface area contributed by atoms with Gasteiger partial charge in [0.1, 0.15) is 5.82 Å². The Hall–Kier alpha value is -1.77. The van der Waals surface area contributed by atoms with Gasteiger partial charge in [0.15, 0.2) is 0 Å². The van der Waals surface area contributed by atoms with Crippen LogP contribution in [0.2, 0.25) is 0 Å². The molecule has 1 heterocycles. The van der Waals surface area contributed by atoms with Gasteiger partial charge < -0.3 is 5.32 Å². The maximum Gasteiger partial charge on any atom is 0.241 e. The monoisotopic (exact) mass is 397 g/mol. The average Bonchev–Trinajstić information content (AvgIpc) is 2.47. The van der Waals surface area contributed by atoms with E-state index in [-0.39, 0.29) is 23.8 Å². The lowest BCUT2D eigenvalue weighted by molar-refractivity contribution is -0.116. The highest BCUT2D eigenvalue weighted by molar-refractivity contribution is 9.10. The number of nitrogens with zero attached hydrogens (tertiary/aromatic N) is 1. The Morgan fingerprint density at radius 3 is 2.70 bits per heavy atom. The highest BCUT2D eigenvalue weighted by Gasteiger charge is 2.17. The van der Waals surface area contributed by atoms with E-state index in [1.54, 1.807) is 30.5 Å². The number of aromatic nitrogens is 1. The van der Waals surface area contributed by atoms with Crippen molar-refractivity contribution < 1.29 is 13.2 Å². The number of nitrogens with one attached hydrogen (secondary N) is 2. The highest BCUT2D eigenvalue weighted by atomic mass is 79.9. The fourth-order valence-electron chi connectivity index (χ4n) is 1.85. The van der Waals surface area contributed by atoms with Crippen molar-refractivity contribution in [1.29, 1.82) is 0 Å². The fourth-order valence-corrected chi connectivity index (χ4v) is 3.88. The number of carbonyl (C=O) groups is 1. The van der Waals surface area contributed by atoms with Crippen molar-refractivity contribution in [3.05, 3.63) is 52.6 Å². The molecule has 0 saturated carbocycles. The van der Waals surface area contributed by atoms with Crippen molar-refractivity contribution >= 4 is 37.7 Å². The van der Waals surface area contributed by atoms with E-state index in [0.29, 0.717) is 10.3 Å². The molecule has 0 saturated heterocycles. The largest absolute Gasteiger partial charge is 0.311 e. The Labute approximate surface area is 143 Å². The Kier molecular flexibility index (Phi) is 5.86. The van der Waals surface area contributed by atoms with E-state index >= 15 is 0 Å². The van der Waals surface area contributed by atoms with E-state index in [1.165, 1.54) is 6.07 Å². The van der Waals surface area contributed by atoms with Crippen LogP contribution in [0.1, 0.15) is 12.0 Å². The van der Waals surface area contributed by atoms with Crippen LogP contribution in [0.5, 0.6) is 0 Å². The maximum atomic E-state index is 12.2. The molecule has 6 nitrogen and oxygen atoms in total. The number of anilines is 1. The van der Waals surface area contributed by atoms with Crippen molar-refractivity contribution in [3.63, 3.8) is 0 Å². The van der Waals surface area contributed by atoms with E-state index in [4.69, 9.17) is 0 Å². The summed E-state index contributed by atoms with van der Waals surface area (Å²) in [5.41, 5.74) is 0.977. The van der Waals surface area contributed by atoms with E-state index in [9.17, 15) is 13.2 Å². The molecule has 0 radical (unpaired) electrons. The van der Waals surface area contributed by atoms with Gasteiger partial charge in [-0.05, 0) is 52.7 Å². The first-order valence-corrected chi connectivity index (χ1v) is 9.13. The van der Waals surface area contributed by atoms with Crippen molar-refractivity contribution in [2.45, 2.75) is 18.2 Å². The van der Waals surface area contributed by atoms with Gasteiger partial charge in [0.2, 0.25) is 15.9 Å². The summed E-state index contributed by atoms with van der Waals surface area (Å²) in [5.74, 6) is 0.140. The van der Waals surface area contributed by atoms with Crippen LogP contribution in [-0.2, 0) is 14.8 Å². The summed E-state index contributed by atoms with van der Waals surface area (Å²) in [6, 6.07) is 10.1. The minimum Gasteiger partial charge on any atom is -0.311 e. The van der Waals surface area contributed by atoms with Gasteiger partial charge in [0, 0.05) is 23.6 Å². The Morgan fingerprint density at radius 2 is 2.00 bits per heavy atom. The molecule has 0 atom stereocenters. The molecular weight excluding hydrogens is 382 g/mol. The zero-order valence-corrected chi connectivity index (χ0v) is 14.8. The van der Waals surface area contributed by atoms with Crippen molar-refractivity contribution in [1.82, 2.24) is 9.71 Å². The third-order valence-corrected chi connectivity index (χ3v) is 5.43. The molecule has 0 aliphatic heterocycles. The topological polar surface area (TPSA) is 88.2 Å². The van der Waals surface area contributed by atoms with E-state index < -0.39 is 10.0 Å². The Bertz CT molecular complexity index is 809. The van der Waals surface area contributed by atoms with Crippen LogP contribution >= 0.6 is 15.9 Å². The van der Waals surface area contributed by atoms with Crippen LogP contribution in [0.4, 0.5) is 5.82 Å². The van der Waals surface area contributed by atoms with E-state index in [2.05, 4.69) is 31.0 Å². The minimum absolute atomic E-state index is 0.00131. The number of carbonyl (C=O) groups excluding carboxylic acids is 1. The second-order valence-corrected chi connectivity index (χ2v) is 7.43. The predicted molar refractivity (Wildman–Crippen MR) is 91.6 cm³/mol. The highest BCUT2D eigenvalue weighted by Crippen LogP contribution is 2.20. The third-order valence-electron chi connectivity index (χ3n) is 2.95. The van der Waals surface area contributed by atoms with E-state index in [0.717, 1.165) is 5.56 Å². The van der Waals surface area contributed by atoms with Gasteiger partial charge in [-0.3, -0.25) is 4.79 Å². The second-order valence-electron chi connectivity index (χ2n) is 4.84. The lowest BCUT2D eigenvalue weighted by atomic mass is 10.3. The van der Waals surface area contributed by atoms with Crippen LogP contribution in [0.3, 0.4) is 0 Å². The molecule has 2 N–H and O–H groups in total. The van der Waals surface area contributed by atoms with Gasteiger partial charge in [-0.25, -0.2) is 18.1 Å². The lowest BCUT2D eigenvalue weighted by Crippen LogP contribution is -2.28. The molecule has 0 fully saturated rings. The smallest absolute Gasteiger partial charge is 0.241 e. The first kappa shape index (κ1) is 17.6. The molecule has 2 aromatic rings. The molecular formula is C15H16BrN3O3S. The first-order valence-electron chi connectivity index (χ1n) is 6.85. The maximum absolute atomic E-state index is 12.2. The van der Waals surface area contributed by atoms with Gasteiger partial charge in [-0.2, -0.15) is 0 Å². The molecule has 0 aliphatic carbocycles. The number of hydrogen-bond donors (Lipinski definition) is 2. The number of benzene rings is 1. The third kappa shape index (κ3) is 5.12. The number of aryl methyl sites for hydroxylation is 1. The number of hydrogen-bond acceptors (Lipinski definition) is 4. The van der Waals surface area contributed by atoms with Gasteiger partial charge in [-0.1, -0.05) is 12.1 Å². The molecule has 0 unspecified atom stereocenters. The number of sulfonamides is 1. The van der Waals surface area contributed by atoms with Crippen LogP contribution in [0, 0.1) is 6.92 Å². The fraction of sp³-hybridized carbons (Fsp3) is 0.200. The summed E-state index contributed by atoms with van der Waals surface area (Å²) >= 11 is 3.20. The first-order chi connectivity index (χ1) is 10.9. The van der Waals surface area contributed by atoms with Crippen LogP contribution in [0.25, 0.3) is 0 Å². The summed E-state index contributed by atoms with van der Waals surface area (Å²) in [4.78, 5) is 16.0. The average molecular weight is 398 g/mol. The molecule has 8 heteroatoms. The Balaban J connectivity index is 1.89. The van der Waals surface area contributed by atoms with Crippen LogP contribution in [0.15, 0.2) is 52.0 Å². The zero-order chi connectivity index (χ0) is 16.9. The SMILES string of the molecule is Cc1ccnc(NC(=O)CCNS(=O)(=O)c2ccccc2Br)c1. The van der Waals surface area contributed by atoms with Gasteiger partial charge in [0.05, 0.1) is 4.90 Å². The molecule has 0 aliphatic rings. The number of rotatable bonds is 6. The molecule has 122 valence electrons. The molecule has 1 amide bonds. The summed E-state index contributed by atoms with van der Waals surface area (Å²) in [5, 5.41) is 2.63. The van der Waals surface area contributed by atoms with Crippen LogP contribution < -0.4 is 10.0 Å². The molecule has 23 heavy (non-hydrogen) atoms. The van der Waals surface area contributed by atoms with Crippen molar-refractivity contribution in [2.75, 3.05) is 11.9 Å². The van der Waals surface area contributed by atoms with Gasteiger partial charge in [0.25, 0.3) is 0 Å².